The normalized spacial score (nSPS) is 19.4. The monoisotopic (exact) mass is 445 g/mol. The van der Waals surface area contributed by atoms with Crippen molar-refractivity contribution in [2.24, 2.45) is 22.2 Å². The molecule has 2 atom stereocenters. The standard InChI is InChI=1S/C23H23N7O3/c1-33-19-12-22(26,9-10-27-19)23(21(25)32,15-5-3-2-4-6-15)30-18-13-28-16-8-7-14(20(24)31)11-17(16)29-18/h2-11,13H,12,26H2,1H3,(H2,24,31)(H2,25,32)(H,29,30). The number of carbonyl (C=O) groups excluding carboxylic acids is 2. The maximum absolute atomic E-state index is 13.2. The van der Waals surface area contributed by atoms with E-state index in [2.05, 4.69) is 20.3 Å². The third kappa shape index (κ3) is 3.76. The highest BCUT2D eigenvalue weighted by Crippen LogP contribution is 2.39. The van der Waals surface area contributed by atoms with E-state index in [1.54, 1.807) is 42.5 Å². The van der Waals surface area contributed by atoms with Crippen LogP contribution < -0.4 is 22.5 Å². The molecule has 2 aromatic carbocycles. The summed E-state index contributed by atoms with van der Waals surface area (Å²) in [7, 11) is 1.48. The number of hydrogen-bond donors (Lipinski definition) is 4. The third-order valence-electron chi connectivity index (χ3n) is 5.69. The third-order valence-corrected chi connectivity index (χ3v) is 5.69. The fraction of sp³-hybridized carbons (Fsp3) is 0.174. The van der Waals surface area contributed by atoms with Crippen LogP contribution >= 0.6 is 0 Å². The topological polar surface area (TPSA) is 172 Å². The number of aliphatic imine (C=N–C) groups is 1. The maximum Gasteiger partial charge on any atom is 0.250 e. The van der Waals surface area contributed by atoms with Crippen LogP contribution in [-0.4, -0.2) is 40.3 Å². The molecule has 0 bridgehead atoms. The summed E-state index contributed by atoms with van der Waals surface area (Å²) in [5, 5.41) is 3.15. The van der Waals surface area contributed by atoms with Crippen molar-refractivity contribution in [1.82, 2.24) is 9.97 Å². The van der Waals surface area contributed by atoms with E-state index in [9.17, 15) is 9.59 Å². The van der Waals surface area contributed by atoms with Crippen LogP contribution in [0.25, 0.3) is 11.0 Å². The Morgan fingerprint density at radius 2 is 1.88 bits per heavy atom. The van der Waals surface area contributed by atoms with Crippen molar-refractivity contribution in [3.05, 3.63) is 78.1 Å². The van der Waals surface area contributed by atoms with Gasteiger partial charge in [-0.1, -0.05) is 30.3 Å². The average Bonchev–Trinajstić information content (AvgIpc) is 2.82. The molecule has 33 heavy (non-hydrogen) atoms. The number of carbonyl (C=O) groups is 2. The van der Waals surface area contributed by atoms with Gasteiger partial charge in [-0.2, -0.15) is 0 Å². The lowest BCUT2D eigenvalue weighted by Crippen LogP contribution is -2.68. The van der Waals surface area contributed by atoms with Crippen molar-refractivity contribution < 1.29 is 14.3 Å². The van der Waals surface area contributed by atoms with Gasteiger partial charge in [0.1, 0.15) is 5.82 Å². The molecule has 2 heterocycles. The van der Waals surface area contributed by atoms with Gasteiger partial charge in [-0.05, 0) is 29.8 Å². The van der Waals surface area contributed by atoms with E-state index in [-0.39, 0.29) is 17.8 Å². The van der Waals surface area contributed by atoms with Gasteiger partial charge >= 0.3 is 0 Å². The minimum atomic E-state index is -1.64. The van der Waals surface area contributed by atoms with Crippen molar-refractivity contribution in [3.8, 4) is 0 Å². The smallest absolute Gasteiger partial charge is 0.250 e. The van der Waals surface area contributed by atoms with Crippen LogP contribution in [0.4, 0.5) is 5.82 Å². The number of ether oxygens (including phenoxy) is 1. The number of fused-ring (bicyclic) bond motifs is 1. The largest absolute Gasteiger partial charge is 0.484 e. The summed E-state index contributed by atoms with van der Waals surface area (Å²) in [4.78, 5) is 37.9. The van der Waals surface area contributed by atoms with E-state index >= 15 is 0 Å². The van der Waals surface area contributed by atoms with Gasteiger partial charge in [0, 0.05) is 18.2 Å². The summed E-state index contributed by atoms with van der Waals surface area (Å²) >= 11 is 0. The summed E-state index contributed by atoms with van der Waals surface area (Å²) in [5.41, 5.74) is 17.0. The molecule has 1 aromatic heterocycles. The number of amides is 2. The predicted octanol–water partition coefficient (Wildman–Crippen LogP) is 1.18. The van der Waals surface area contributed by atoms with Crippen molar-refractivity contribution in [1.29, 1.82) is 0 Å². The molecule has 7 N–H and O–H groups in total. The molecule has 168 valence electrons. The summed E-state index contributed by atoms with van der Waals surface area (Å²) < 4.78 is 5.31. The molecule has 0 saturated carbocycles. The van der Waals surface area contributed by atoms with Crippen LogP contribution in [-0.2, 0) is 15.1 Å². The highest BCUT2D eigenvalue weighted by molar-refractivity contribution is 5.97. The Balaban J connectivity index is 1.89. The van der Waals surface area contributed by atoms with Gasteiger partial charge in [0.05, 0.1) is 29.9 Å². The van der Waals surface area contributed by atoms with E-state index in [4.69, 9.17) is 21.9 Å². The first kappa shape index (κ1) is 21.9. The van der Waals surface area contributed by atoms with Crippen molar-refractivity contribution in [2.75, 3.05) is 12.4 Å². The molecule has 10 nitrogen and oxygen atoms in total. The molecule has 0 aliphatic carbocycles. The van der Waals surface area contributed by atoms with Crippen LogP contribution in [0.3, 0.4) is 0 Å². The Hall–Kier alpha value is -4.31. The summed E-state index contributed by atoms with van der Waals surface area (Å²) in [6.07, 6.45) is 4.65. The minimum Gasteiger partial charge on any atom is -0.484 e. The second-order valence-corrected chi connectivity index (χ2v) is 7.69. The highest BCUT2D eigenvalue weighted by Gasteiger charge is 2.55. The minimum absolute atomic E-state index is 0.0949. The summed E-state index contributed by atoms with van der Waals surface area (Å²) in [6.45, 7) is 0. The summed E-state index contributed by atoms with van der Waals surface area (Å²) in [6, 6.07) is 13.6. The van der Waals surface area contributed by atoms with Gasteiger partial charge in [0.2, 0.25) is 11.8 Å². The van der Waals surface area contributed by atoms with Crippen LogP contribution in [0.2, 0.25) is 0 Å². The van der Waals surface area contributed by atoms with E-state index in [1.807, 2.05) is 6.07 Å². The van der Waals surface area contributed by atoms with Crippen LogP contribution in [0.1, 0.15) is 22.3 Å². The molecule has 0 fully saturated rings. The van der Waals surface area contributed by atoms with E-state index < -0.39 is 22.9 Å². The predicted molar refractivity (Wildman–Crippen MR) is 124 cm³/mol. The van der Waals surface area contributed by atoms with Crippen LogP contribution in [0.15, 0.2) is 72.0 Å². The van der Waals surface area contributed by atoms with E-state index in [0.29, 0.717) is 22.5 Å². The fourth-order valence-electron chi connectivity index (χ4n) is 3.99. The number of primary amides is 2. The zero-order chi connectivity index (χ0) is 23.6. The zero-order valence-electron chi connectivity index (χ0n) is 17.9. The number of nitrogens with two attached hydrogens (primary N) is 3. The Labute approximate surface area is 189 Å². The quantitative estimate of drug-likeness (QED) is 0.441. The van der Waals surface area contributed by atoms with Crippen LogP contribution in [0, 0.1) is 0 Å². The van der Waals surface area contributed by atoms with Gasteiger partial charge in [-0.3, -0.25) is 14.6 Å². The number of nitrogens with zero attached hydrogens (tertiary/aromatic N) is 3. The molecule has 1 aliphatic heterocycles. The Morgan fingerprint density at radius 1 is 1.12 bits per heavy atom. The highest BCUT2D eigenvalue weighted by atomic mass is 16.5. The van der Waals surface area contributed by atoms with Crippen molar-refractivity contribution in [2.45, 2.75) is 17.5 Å². The van der Waals surface area contributed by atoms with Gasteiger partial charge in [0.15, 0.2) is 11.4 Å². The average molecular weight is 445 g/mol. The molecular weight excluding hydrogens is 422 g/mol. The van der Waals surface area contributed by atoms with Crippen molar-refractivity contribution >= 4 is 34.6 Å². The number of aromatic nitrogens is 2. The molecule has 1 aliphatic rings. The number of hydrogen-bond acceptors (Lipinski definition) is 8. The fourth-order valence-corrected chi connectivity index (χ4v) is 3.99. The van der Waals surface area contributed by atoms with Crippen LogP contribution in [0.5, 0.6) is 0 Å². The summed E-state index contributed by atoms with van der Waals surface area (Å²) in [5.74, 6) is -0.746. The Bertz CT molecular complexity index is 1290. The number of benzene rings is 2. The van der Waals surface area contributed by atoms with Gasteiger partial charge < -0.3 is 27.3 Å². The lowest BCUT2D eigenvalue weighted by molar-refractivity contribution is -0.124. The second kappa shape index (κ2) is 8.32. The molecule has 2 unspecified atom stereocenters. The molecule has 0 radical (unpaired) electrons. The molecule has 2 amide bonds. The first-order chi connectivity index (χ1) is 15.8. The maximum atomic E-state index is 13.2. The lowest BCUT2D eigenvalue weighted by atomic mass is 9.69. The Kier molecular flexibility index (Phi) is 5.52. The first-order valence-corrected chi connectivity index (χ1v) is 10.1. The number of anilines is 1. The molecule has 10 heteroatoms. The van der Waals surface area contributed by atoms with Gasteiger partial charge in [-0.25, -0.2) is 9.98 Å². The van der Waals surface area contributed by atoms with Gasteiger partial charge in [0.25, 0.3) is 0 Å². The second-order valence-electron chi connectivity index (χ2n) is 7.69. The van der Waals surface area contributed by atoms with E-state index in [1.165, 1.54) is 25.6 Å². The first-order valence-electron chi connectivity index (χ1n) is 10.1. The Morgan fingerprint density at radius 3 is 2.55 bits per heavy atom. The molecular formula is C23H23N7O3. The number of nitrogens with one attached hydrogen (secondary N) is 1. The number of rotatable bonds is 6. The number of methoxy groups -OCH3 is 1. The molecule has 4 rings (SSSR count). The van der Waals surface area contributed by atoms with E-state index in [0.717, 1.165) is 0 Å². The molecule has 3 aromatic rings. The lowest BCUT2D eigenvalue weighted by Gasteiger charge is -2.46. The van der Waals surface area contributed by atoms with Gasteiger partial charge in [-0.15, -0.1) is 0 Å². The molecule has 0 saturated heterocycles. The SMILES string of the molecule is COC1=NC=CC(N)(C(Nc2cnc3ccc(C(N)=O)cc3n2)(C(N)=O)c2ccccc2)C1. The van der Waals surface area contributed by atoms with Crippen molar-refractivity contribution in [3.63, 3.8) is 0 Å². The zero-order valence-corrected chi connectivity index (χ0v) is 17.9. The molecule has 0 spiro atoms.